The molecule has 0 saturated carbocycles. The van der Waals surface area contributed by atoms with E-state index in [9.17, 15) is 19.8 Å². The van der Waals surface area contributed by atoms with Gasteiger partial charge in [-0.2, -0.15) is 0 Å². The zero-order valence-electron chi connectivity index (χ0n) is 31.9. The lowest BCUT2D eigenvalue weighted by molar-refractivity contribution is -0.348. The largest absolute Gasteiger partial charge is 0.464 e. The minimum absolute atomic E-state index is 0.104. The van der Waals surface area contributed by atoms with E-state index in [1.807, 2.05) is 56.3 Å². The predicted octanol–water partition coefficient (Wildman–Crippen LogP) is 6.82. The minimum atomic E-state index is -1.75. The number of ether oxygens (including phenoxy) is 5. The summed E-state index contributed by atoms with van der Waals surface area (Å²) in [4.78, 5) is 27.6. The van der Waals surface area contributed by atoms with Crippen LogP contribution in [0, 0.1) is 17.3 Å². The minimum Gasteiger partial charge on any atom is -0.464 e. The highest BCUT2D eigenvalue weighted by molar-refractivity contribution is 5.82. The van der Waals surface area contributed by atoms with Gasteiger partial charge >= 0.3 is 11.9 Å². The van der Waals surface area contributed by atoms with Crippen molar-refractivity contribution in [1.82, 2.24) is 0 Å². The van der Waals surface area contributed by atoms with Crippen LogP contribution in [0.2, 0.25) is 0 Å². The fourth-order valence-electron chi connectivity index (χ4n) is 8.88. The van der Waals surface area contributed by atoms with Crippen molar-refractivity contribution in [3.05, 3.63) is 83.0 Å². The molecule has 0 amide bonds. The van der Waals surface area contributed by atoms with Gasteiger partial charge in [-0.05, 0) is 76.0 Å². The molecule has 4 aliphatic heterocycles. The van der Waals surface area contributed by atoms with Crippen molar-refractivity contribution in [2.75, 3.05) is 13.2 Å². The van der Waals surface area contributed by atoms with Crippen molar-refractivity contribution < 1.29 is 43.5 Å². The summed E-state index contributed by atoms with van der Waals surface area (Å²) in [6, 6.07) is 9.67. The van der Waals surface area contributed by atoms with Gasteiger partial charge in [0, 0.05) is 24.7 Å². The van der Waals surface area contributed by atoms with Crippen molar-refractivity contribution >= 4 is 11.9 Å². The number of aliphatic hydroxyl groups is 2. The van der Waals surface area contributed by atoms with Crippen molar-refractivity contribution in [1.29, 1.82) is 0 Å². The quantitative estimate of drug-likeness (QED) is 0.250. The summed E-state index contributed by atoms with van der Waals surface area (Å²) < 4.78 is 32.2. The average molecular weight is 719 g/mol. The van der Waals surface area contributed by atoms with Gasteiger partial charge in [0.2, 0.25) is 0 Å². The maximum atomic E-state index is 14.2. The Morgan fingerprint density at radius 3 is 2.58 bits per heavy atom. The van der Waals surface area contributed by atoms with Gasteiger partial charge < -0.3 is 33.9 Å². The van der Waals surface area contributed by atoms with Gasteiger partial charge in [-0.15, -0.1) is 0 Å². The lowest BCUT2D eigenvalue weighted by Gasteiger charge is -2.53. The van der Waals surface area contributed by atoms with Crippen LogP contribution in [0.5, 0.6) is 0 Å². The van der Waals surface area contributed by atoms with Gasteiger partial charge in [-0.3, -0.25) is 9.59 Å². The van der Waals surface area contributed by atoms with Gasteiger partial charge in [-0.1, -0.05) is 87.1 Å². The topological polar surface area (TPSA) is 121 Å². The Morgan fingerprint density at radius 1 is 1.10 bits per heavy atom. The molecule has 4 heterocycles. The van der Waals surface area contributed by atoms with Crippen LogP contribution in [0.15, 0.2) is 77.4 Å². The van der Waals surface area contributed by atoms with E-state index < -0.39 is 52.4 Å². The second-order valence-electron chi connectivity index (χ2n) is 16.8. The van der Waals surface area contributed by atoms with Crippen LogP contribution < -0.4 is 0 Å². The Hall–Kier alpha value is -3.08. The monoisotopic (exact) mass is 718 g/mol. The highest BCUT2D eigenvalue weighted by Gasteiger charge is 2.60. The summed E-state index contributed by atoms with van der Waals surface area (Å²) in [5.41, 5.74) is 0.234. The van der Waals surface area contributed by atoms with Crippen molar-refractivity contribution in [2.24, 2.45) is 17.3 Å². The highest BCUT2D eigenvalue weighted by Crippen LogP contribution is 2.50. The van der Waals surface area contributed by atoms with Gasteiger partial charge in [-0.25, -0.2) is 0 Å². The smallest absolute Gasteiger partial charge is 0.316 e. The summed E-state index contributed by atoms with van der Waals surface area (Å²) in [7, 11) is 0. The molecule has 284 valence electrons. The van der Waals surface area contributed by atoms with Crippen LogP contribution in [-0.2, 0) is 38.7 Å². The normalized spacial score (nSPS) is 41.1. The van der Waals surface area contributed by atoms with E-state index in [1.165, 1.54) is 5.57 Å². The van der Waals surface area contributed by atoms with E-state index in [1.54, 1.807) is 13.0 Å². The first-order valence-electron chi connectivity index (χ1n) is 19.1. The summed E-state index contributed by atoms with van der Waals surface area (Å²) in [6.07, 6.45) is 10.8. The molecule has 5 aliphatic rings. The third-order valence-corrected chi connectivity index (χ3v) is 12.2. The number of esters is 2. The molecule has 3 fully saturated rings. The number of benzene rings is 1. The molecule has 0 unspecified atom stereocenters. The molecule has 1 aliphatic carbocycles. The van der Waals surface area contributed by atoms with Crippen LogP contribution in [0.3, 0.4) is 0 Å². The van der Waals surface area contributed by atoms with E-state index in [0.717, 1.165) is 12.0 Å². The van der Waals surface area contributed by atoms with E-state index in [2.05, 4.69) is 39.8 Å². The molecular weight excluding hydrogens is 660 g/mol. The summed E-state index contributed by atoms with van der Waals surface area (Å²) in [5, 5.41) is 23.2. The Morgan fingerprint density at radius 2 is 1.85 bits per heavy atom. The van der Waals surface area contributed by atoms with Crippen molar-refractivity contribution in [3.8, 4) is 0 Å². The first-order valence-corrected chi connectivity index (χ1v) is 19.1. The molecule has 1 aromatic rings. The number of fused-ring (bicyclic) bond motifs is 2. The fraction of sp³-hybridized carbons (Fsp3) is 0.628. The number of allylic oxidation sites excluding steroid dienone is 4. The van der Waals surface area contributed by atoms with E-state index in [-0.39, 0.29) is 37.3 Å². The Labute approximate surface area is 309 Å². The molecule has 9 heteroatoms. The van der Waals surface area contributed by atoms with Crippen LogP contribution in [0.25, 0.3) is 0 Å². The zero-order valence-corrected chi connectivity index (χ0v) is 31.9. The first kappa shape index (κ1) is 38.6. The Balaban J connectivity index is 1.25. The number of carbonyl (C=O) groups excluding carboxylic acids is 2. The maximum Gasteiger partial charge on any atom is 0.316 e. The van der Waals surface area contributed by atoms with Gasteiger partial charge in [0.1, 0.15) is 29.8 Å². The van der Waals surface area contributed by atoms with Gasteiger partial charge in [0.15, 0.2) is 5.79 Å². The Kier molecular flexibility index (Phi) is 11.1. The van der Waals surface area contributed by atoms with Gasteiger partial charge in [0.05, 0.1) is 30.8 Å². The molecule has 2 N–H and O–H groups in total. The number of hydrogen-bond donors (Lipinski definition) is 2. The average Bonchev–Trinajstić information content (AvgIpc) is 3.45. The zero-order chi connectivity index (χ0) is 37.5. The van der Waals surface area contributed by atoms with Crippen LogP contribution in [0.4, 0.5) is 0 Å². The molecule has 6 rings (SSSR count). The summed E-state index contributed by atoms with van der Waals surface area (Å²) >= 11 is 0. The third kappa shape index (κ3) is 7.49. The molecule has 9 nitrogen and oxygen atoms in total. The standard InChI is InChI=1S/C43H58O9/c1-8-35-41(7,26-49-39(46)40(5,6)30-14-10-9-11-15-30)19-20-42(52-35)24-33-23-32(51-42)18-17-28(3)21-27(2)13-12-16-31-25-48-37-36(44)29(4)22-34(38(45)50-33)43(31,37)47/h9-17,22,27,32-37,44,47H,8,18-21,23-26H2,1-7H3/b13-12+,28-17+,31-16+/t27-,32+,33-,34-,35+,36+,37+,41-,42+,43+/m0/s1. The number of rotatable bonds is 5. The Bertz CT molecular complexity index is 1610. The molecule has 52 heavy (non-hydrogen) atoms. The van der Waals surface area contributed by atoms with Crippen LogP contribution in [0.1, 0.15) is 99.0 Å². The van der Waals surface area contributed by atoms with E-state index in [4.69, 9.17) is 23.7 Å². The molecule has 1 aromatic carbocycles. The summed E-state index contributed by atoms with van der Waals surface area (Å²) in [6.45, 7) is 14.3. The summed E-state index contributed by atoms with van der Waals surface area (Å²) in [5.74, 6) is -2.66. The second-order valence-corrected chi connectivity index (χ2v) is 16.8. The molecule has 2 bridgehead atoms. The molecule has 10 atom stereocenters. The third-order valence-electron chi connectivity index (χ3n) is 12.2. The number of hydrogen-bond acceptors (Lipinski definition) is 9. The molecule has 1 spiro atoms. The predicted molar refractivity (Wildman–Crippen MR) is 197 cm³/mol. The van der Waals surface area contributed by atoms with Crippen LogP contribution in [-0.4, -0.2) is 77.3 Å². The number of carbonyl (C=O) groups is 2. The molecule has 3 saturated heterocycles. The van der Waals surface area contributed by atoms with E-state index in [0.29, 0.717) is 49.7 Å². The highest BCUT2D eigenvalue weighted by atomic mass is 16.7. The lowest BCUT2D eigenvalue weighted by atomic mass is 9.71. The molecule has 0 aromatic heterocycles. The van der Waals surface area contributed by atoms with Gasteiger partial charge in [0.25, 0.3) is 0 Å². The second kappa shape index (κ2) is 15.0. The first-order chi connectivity index (χ1) is 24.6. The lowest BCUT2D eigenvalue weighted by Crippen LogP contribution is -2.59. The SMILES string of the molecule is CC[C@H]1O[C@]2(CC[C@@]1(C)COC(=O)C(C)(C)c1ccccc1)C[C@@H]1C[C@@H](C/C=C(\C)C[C@@H](C)/C=C/C=C3\CO[C@@H]4[C@H](O)C(C)=C[C@@H](C(=O)O1)[C@]34O)O2. The maximum absolute atomic E-state index is 14.2. The molecule has 0 radical (unpaired) electrons. The molecular formula is C43H58O9. The van der Waals surface area contributed by atoms with Crippen LogP contribution >= 0.6 is 0 Å². The van der Waals surface area contributed by atoms with Crippen molar-refractivity contribution in [3.63, 3.8) is 0 Å². The van der Waals surface area contributed by atoms with Crippen molar-refractivity contribution in [2.45, 2.75) is 141 Å². The fourth-order valence-corrected chi connectivity index (χ4v) is 8.88. The number of aliphatic hydroxyl groups excluding tert-OH is 1. The van der Waals surface area contributed by atoms with E-state index >= 15 is 0 Å².